The maximum atomic E-state index is 3.97. The van der Waals surface area contributed by atoms with E-state index >= 15 is 0 Å². The van der Waals surface area contributed by atoms with Gasteiger partial charge in [-0.1, -0.05) is 171 Å². The predicted octanol–water partition coefficient (Wildman–Crippen LogP) is 11.7. The van der Waals surface area contributed by atoms with Gasteiger partial charge in [-0.25, -0.2) is 0 Å². The molecular formula is C32H21Br5. The lowest BCUT2D eigenvalue weighted by molar-refractivity contribution is 0.528. The summed E-state index contributed by atoms with van der Waals surface area (Å²) in [7, 11) is 0. The summed E-state index contributed by atoms with van der Waals surface area (Å²) in [6.07, 6.45) is 0. The van der Waals surface area contributed by atoms with Crippen LogP contribution < -0.4 is 0 Å². The van der Waals surface area contributed by atoms with E-state index in [-0.39, 0.29) is 5.92 Å². The van der Waals surface area contributed by atoms with E-state index in [9.17, 15) is 0 Å². The monoisotopic (exact) mass is 800 g/mol. The van der Waals surface area contributed by atoms with Crippen molar-refractivity contribution in [3.8, 4) is 0 Å². The normalized spacial score (nSPS) is 11.6. The Morgan fingerprint density at radius 2 is 0.622 bits per heavy atom. The van der Waals surface area contributed by atoms with Gasteiger partial charge in [0.05, 0.1) is 5.41 Å². The Hall–Kier alpha value is -1.50. The average Bonchev–Trinajstić information content (AvgIpc) is 2.90. The molecule has 0 saturated heterocycles. The Balaban J connectivity index is 2.08. The lowest BCUT2D eigenvalue weighted by Crippen LogP contribution is -2.39. The Morgan fingerprint density at radius 1 is 0.351 bits per heavy atom. The van der Waals surface area contributed by atoms with Gasteiger partial charge in [-0.05, 0) is 58.1 Å². The lowest BCUT2D eigenvalue weighted by atomic mass is 9.58. The van der Waals surface area contributed by atoms with Gasteiger partial charge < -0.3 is 0 Å². The second kappa shape index (κ2) is 11.7. The average molecular weight is 805 g/mol. The first kappa shape index (κ1) is 27.1. The van der Waals surface area contributed by atoms with Crippen molar-refractivity contribution >= 4 is 79.6 Å². The molecule has 0 nitrogen and oxygen atoms in total. The SMILES string of the molecule is Brc1ccccc1C(c1ccccc1Br)C(c1ccccc1Br)(c1ccccc1Br)c1ccccc1Br. The largest absolute Gasteiger partial charge is 0.0619 e. The second-order valence-electron chi connectivity index (χ2n) is 8.72. The van der Waals surface area contributed by atoms with E-state index in [1.54, 1.807) is 0 Å². The van der Waals surface area contributed by atoms with Crippen molar-refractivity contribution in [3.05, 3.63) is 172 Å². The molecule has 5 rings (SSSR count). The molecule has 5 heteroatoms. The highest BCUT2D eigenvalue weighted by Gasteiger charge is 2.49. The molecule has 0 unspecified atom stereocenters. The Morgan fingerprint density at radius 3 is 0.919 bits per heavy atom. The molecule has 184 valence electrons. The smallest absolute Gasteiger partial charge is 0.0594 e. The van der Waals surface area contributed by atoms with Crippen LogP contribution in [0, 0.1) is 0 Å². The van der Waals surface area contributed by atoms with E-state index in [1.165, 1.54) is 27.8 Å². The summed E-state index contributed by atoms with van der Waals surface area (Å²) in [5, 5.41) is 0. The summed E-state index contributed by atoms with van der Waals surface area (Å²) in [6, 6.07) is 42.8. The first-order valence-corrected chi connectivity index (χ1v) is 15.7. The minimum Gasteiger partial charge on any atom is -0.0619 e. The highest BCUT2D eigenvalue weighted by Crippen LogP contribution is 2.58. The van der Waals surface area contributed by atoms with Crippen LogP contribution >= 0.6 is 79.6 Å². The van der Waals surface area contributed by atoms with Gasteiger partial charge in [-0.15, -0.1) is 0 Å². The van der Waals surface area contributed by atoms with Gasteiger partial charge in [-0.2, -0.15) is 0 Å². The van der Waals surface area contributed by atoms with Crippen LogP contribution in [0.4, 0.5) is 0 Å². The summed E-state index contributed by atoms with van der Waals surface area (Å²) >= 11 is 19.8. The van der Waals surface area contributed by atoms with Crippen molar-refractivity contribution in [3.63, 3.8) is 0 Å². The first-order valence-electron chi connectivity index (χ1n) is 11.7. The molecule has 0 aromatic heterocycles. The summed E-state index contributed by atoms with van der Waals surface area (Å²) in [5.74, 6) is -0.116. The maximum absolute atomic E-state index is 3.97. The minimum atomic E-state index is -0.645. The van der Waals surface area contributed by atoms with E-state index in [0.717, 1.165) is 22.4 Å². The van der Waals surface area contributed by atoms with E-state index in [2.05, 4.69) is 201 Å². The summed E-state index contributed by atoms with van der Waals surface area (Å²) in [4.78, 5) is 0. The van der Waals surface area contributed by atoms with Crippen LogP contribution in [0.1, 0.15) is 33.7 Å². The maximum Gasteiger partial charge on any atom is 0.0594 e. The fourth-order valence-corrected chi connectivity index (χ4v) is 8.12. The third-order valence-corrected chi connectivity index (χ3v) is 10.3. The fraction of sp³-hybridized carbons (Fsp3) is 0.0625. The van der Waals surface area contributed by atoms with Gasteiger partial charge >= 0.3 is 0 Å². The highest BCUT2D eigenvalue weighted by atomic mass is 79.9. The first-order chi connectivity index (χ1) is 18.0. The lowest BCUT2D eigenvalue weighted by Gasteiger charge is -2.45. The van der Waals surface area contributed by atoms with Crippen LogP contribution in [-0.2, 0) is 5.41 Å². The van der Waals surface area contributed by atoms with Crippen molar-refractivity contribution in [2.45, 2.75) is 11.3 Å². The van der Waals surface area contributed by atoms with Gasteiger partial charge in [0.15, 0.2) is 0 Å². The van der Waals surface area contributed by atoms with Crippen LogP contribution in [0.25, 0.3) is 0 Å². The molecule has 0 bridgehead atoms. The molecule has 0 saturated carbocycles. The highest BCUT2D eigenvalue weighted by molar-refractivity contribution is 9.11. The number of benzene rings is 5. The molecule has 37 heavy (non-hydrogen) atoms. The van der Waals surface area contributed by atoms with Crippen LogP contribution in [-0.4, -0.2) is 0 Å². The van der Waals surface area contributed by atoms with Gasteiger partial charge in [0.1, 0.15) is 0 Å². The third-order valence-electron chi connectivity index (χ3n) is 6.76. The van der Waals surface area contributed by atoms with Gasteiger partial charge in [0.25, 0.3) is 0 Å². The number of rotatable bonds is 6. The minimum absolute atomic E-state index is 0.116. The van der Waals surface area contributed by atoms with Crippen molar-refractivity contribution in [2.24, 2.45) is 0 Å². The molecule has 0 radical (unpaired) electrons. The molecule has 0 aliphatic carbocycles. The second-order valence-corrected chi connectivity index (χ2v) is 13.0. The Labute approximate surface area is 260 Å². The third kappa shape index (κ3) is 4.98. The van der Waals surface area contributed by atoms with E-state index < -0.39 is 5.41 Å². The standard InChI is InChI=1S/C32H21Br5/c33-26-16-6-1-11-21(26)31(22-12-2-7-17-27(22)34)32(23-13-3-8-18-28(23)35,24-14-4-9-19-29(24)36)25-15-5-10-20-30(25)37/h1-20,31H. The van der Waals surface area contributed by atoms with Gasteiger partial charge in [0.2, 0.25) is 0 Å². The molecule has 0 N–H and O–H groups in total. The predicted molar refractivity (Wildman–Crippen MR) is 172 cm³/mol. The molecule has 0 heterocycles. The quantitative estimate of drug-likeness (QED) is 0.150. The molecular weight excluding hydrogens is 784 g/mol. The van der Waals surface area contributed by atoms with Crippen molar-refractivity contribution in [1.82, 2.24) is 0 Å². The van der Waals surface area contributed by atoms with Crippen LogP contribution in [0.15, 0.2) is 144 Å². The zero-order valence-corrected chi connectivity index (χ0v) is 27.4. The molecule has 0 amide bonds. The fourth-order valence-electron chi connectivity index (χ4n) is 5.30. The Kier molecular flexibility index (Phi) is 8.57. The van der Waals surface area contributed by atoms with Crippen molar-refractivity contribution < 1.29 is 0 Å². The summed E-state index contributed by atoms with van der Waals surface area (Å²) < 4.78 is 5.26. The van der Waals surface area contributed by atoms with Crippen LogP contribution in [0.5, 0.6) is 0 Å². The van der Waals surface area contributed by atoms with Crippen molar-refractivity contribution in [2.75, 3.05) is 0 Å². The van der Waals surface area contributed by atoms with E-state index in [4.69, 9.17) is 0 Å². The zero-order valence-electron chi connectivity index (χ0n) is 19.5. The van der Waals surface area contributed by atoms with E-state index in [0.29, 0.717) is 0 Å². The van der Waals surface area contributed by atoms with Gasteiger partial charge in [0, 0.05) is 28.3 Å². The topological polar surface area (TPSA) is 0 Å². The molecule has 5 aromatic carbocycles. The van der Waals surface area contributed by atoms with Crippen LogP contribution in [0.3, 0.4) is 0 Å². The van der Waals surface area contributed by atoms with Crippen molar-refractivity contribution in [1.29, 1.82) is 0 Å². The zero-order chi connectivity index (χ0) is 26.0. The molecule has 5 aromatic rings. The van der Waals surface area contributed by atoms with E-state index in [1.807, 2.05) is 0 Å². The molecule has 0 fully saturated rings. The summed E-state index contributed by atoms with van der Waals surface area (Å²) in [6.45, 7) is 0. The van der Waals surface area contributed by atoms with Gasteiger partial charge in [-0.3, -0.25) is 0 Å². The number of halogens is 5. The van der Waals surface area contributed by atoms with Crippen LogP contribution in [0.2, 0.25) is 0 Å². The Bertz CT molecular complexity index is 1400. The number of hydrogen-bond donors (Lipinski definition) is 0. The molecule has 0 aliphatic rings. The molecule has 0 spiro atoms. The summed E-state index contributed by atoms with van der Waals surface area (Å²) in [5.41, 5.74) is 5.25. The molecule has 0 aliphatic heterocycles. The molecule has 0 atom stereocenters. The number of hydrogen-bond acceptors (Lipinski definition) is 0.